The number of amides is 6. The van der Waals surface area contributed by atoms with Crippen molar-refractivity contribution in [3.8, 4) is 0 Å². The maximum atomic E-state index is 11.8. The Morgan fingerprint density at radius 2 is 0.645 bits per heavy atom. The van der Waals surface area contributed by atoms with Crippen molar-refractivity contribution >= 4 is 54.0 Å². The van der Waals surface area contributed by atoms with E-state index in [0.29, 0.717) is 37.3 Å². The van der Waals surface area contributed by atoms with E-state index in [0.717, 1.165) is 83.2 Å². The second-order valence-electron chi connectivity index (χ2n) is 32.0. The van der Waals surface area contributed by atoms with Crippen molar-refractivity contribution in [3.63, 3.8) is 0 Å². The van der Waals surface area contributed by atoms with Crippen LogP contribution in [0, 0.1) is 83.1 Å². The monoisotopic (exact) mass is 1530 g/mol. The molecule has 6 aromatic rings. The van der Waals surface area contributed by atoms with Gasteiger partial charge in [0.15, 0.2) is 0 Å². The van der Waals surface area contributed by atoms with E-state index in [9.17, 15) is 38.4 Å². The Morgan fingerprint density at radius 1 is 0.327 bits per heavy atom. The smallest absolute Gasteiger partial charge is 0.408 e. The van der Waals surface area contributed by atoms with Crippen LogP contribution in [0.15, 0.2) is 115 Å². The quantitative estimate of drug-likeness (QED) is 0.0311. The molecule has 6 rings (SSSR count). The van der Waals surface area contributed by atoms with Crippen molar-refractivity contribution in [2.24, 2.45) is 0 Å². The lowest BCUT2D eigenvalue weighted by Gasteiger charge is -2.20. The van der Waals surface area contributed by atoms with Crippen LogP contribution in [0.3, 0.4) is 0 Å². The average Bonchev–Trinajstić information content (AvgIpc) is 0.890. The number of carbonyl (C=O) groups excluding carboxylic acids is 6. The lowest BCUT2D eigenvalue weighted by atomic mass is 10.0. The van der Waals surface area contributed by atoms with Gasteiger partial charge in [0.1, 0.15) is 34.6 Å². The maximum Gasteiger partial charge on any atom is 0.408 e. The topological polar surface area (TPSA) is 295 Å². The lowest BCUT2D eigenvalue weighted by molar-refractivity contribution is -0.115. The highest BCUT2D eigenvalue weighted by molar-refractivity contribution is 5.94. The van der Waals surface area contributed by atoms with Gasteiger partial charge in [-0.3, -0.25) is 4.79 Å². The summed E-state index contributed by atoms with van der Waals surface area (Å²) in [4.78, 5) is 89.2. The molecular formula is C89H136N6O15. The maximum absolute atomic E-state index is 11.8. The van der Waals surface area contributed by atoms with Crippen molar-refractivity contribution in [1.82, 2.24) is 26.6 Å². The van der Waals surface area contributed by atoms with Gasteiger partial charge < -0.3 is 65.8 Å². The summed E-state index contributed by atoms with van der Waals surface area (Å²) in [5.74, 6) is -2.01. The fourth-order valence-electron chi connectivity index (χ4n) is 8.92. The molecule has 0 fully saturated rings. The zero-order chi connectivity index (χ0) is 84.9. The fraction of sp³-hybridized carbons (Fsp3) is 0.506. The number of rotatable bonds is 17. The van der Waals surface area contributed by atoms with E-state index in [1.165, 1.54) is 38.9 Å². The van der Waals surface area contributed by atoms with E-state index < -0.39 is 46.0 Å². The molecule has 0 saturated carbocycles. The van der Waals surface area contributed by atoms with Crippen molar-refractivity contribution in [2.75, 3.05) is 31.5 Å². The number of aryl methyl sites for hydroxylation is 13. The molecule has 0 aliphatic rings. The van der Waals surface area contributed by atoms with Gasteiger partial charge in [-0.1, -0.05) is 157 Å². The van der Waals surface area contributed by atoms with E-state index in [1.807, 2.05) is 168 Å². The minimum absolute atomic E-state index is 0.123. The van der Waals surface area contributed by atoms with Gasteiger partial charge in [0, 0.05) is 31.9 Å². The number of alkyl carbamates (subject to hydrolysis) is 5. The molecule has 612 valence electrons. The molecule has 8 N–H and O–H groups in total. The van der Waals surface area contributed by atoms with Crippen LogP contribution in [0.5, 0.6) is 0 Å². The number of unbranched alkanes of at least 4 members (excludes halogenated alkanes) is 2. The molecule has 0 spiro atoms. The van der Waals surface area contributed by atoms with Crippen LogP contribution >= 0.6 is 0 Å². The molecule has 21 nitrogen and oxygen atoms in total. The molecule has 21 heteroatoms. The molecule has 0 aromatic heterocycles. The van der Waals surface area contributed by atoms with Crippen LogP contribution in [0.2, 0.25) is 0 Å². The van der Waals surface area contributed by atoms with E-state index in [-0.39, 0.29) is 36.8 Å². The van der Waals surface area contributed by atoms with Crippen molar-refractivity contribution in [1.29, 1.82) is 0 Å². The number of benzene rings is 6. The first kappa shape index (κ1) is 102. The van der Waals surface area contributed by atoms with Gasteiger partial charge in [-0.25, -0.2) is 33.6 Å². The van der Waals surface area contributed by atoms with E-state index >= 15 is 0 Å². The van der Waals surface area contributed by atoms with Crippen LogP contribution < -0.4 is 31.9 Å². The van der Waals surface area contributed by atoms with Crippen molar-refractivity contribution < 1.29 is 72.3 Å². The first-order chi connectivity index (χ1) is 50.6. The standard InChI is InChI=1S/C16H25NO2.C15H22N2O3.C14H21NO2.2C9H19NO2.2C9H10O2.C8H10/c1-12-8-9-13(2)14(11-12)7-6-10-17-15(18)19-16(3,4)5;1-10-6-7-11(2)12(8-10)17-13(18)9-16-14(19)20-15(3,4)5;1-10-6-7-11(2)12(8-10)9-15-13(16)17-14(3,4)5;2*1-5-6-7-10-8(11)12-9(2,3)4;1-6-3-7(2)5-8(4-6)9(10)11;1-6-3-4-7(2)8(5-6)9(10)11;1-7-3-5-8(2)6-4-7/h8-9,11H,6-7,10H2,1-5H3,(H,17,18);6-8H,9H2,1-5H3,(H,16,19)(H,17,18);6-8H,9H2,1-5H3,(H,15,16);2*5-7H2,1-4H3,(H,10,11);2*3-5H,1-2H3,(H,10,11);3-6H,1-2H3. The zero-order valence-corrected chi connectivity index (χ0v) is 71.9. The largest absolute Gasteiger partial charge is 0.478 e. The SMILES string of the molecule is CCCCNC(=O)OC(C)(C)C.CCCCNC(=O)OC(C)(C)C.Cc1cc(C)cc(C(=O)O)c1.Cc1ccc(C)c(C(=O)O)c1.Cc1ccc(C)c(CCCNC(=O)OC(C)(C)C)c1.Cc1ccc(C)c(CNC(=O)OC(C)(C)C)c1.Cc1ccc(C)c(NC(=O)CNC(=O)OC(C)(C)C)c1.Cc1ccc(C)cc1. The third kappa shape index (κ3) is 56.3. The van der Waals surface area contributed by atoms with Crippen molar-refractivity contribution in [2.45, 2.75) is 274 Å². The normalized spacial score (nSPS) is 10.6. The number of aromatic carboxylic acids is 2. The summed E-state index contributed by atoms with van der Waals surface area (Å²) in [6, 6.07) is 37.6. The average molecular weight is 1530 g/mol. The van der Waals surface area contributed by atoms with Crippen LogP contribution in [0.4, 0.5) is 29.7 Å². The Labute approximate surface area is 659 Å². The summed E-state index contributed by atoms with van der Waals surface area (Å²) in [7, 11) is 0. The third-order valence-electron chi connectivity index (χ3n) is 14.3. The van der Waals surface area contributed by atoms with E-state index in [2.05, 4.69) is 134 Å². The predicted octanol–water partition coefficient (Wildman–Crippen LogP) is 20.8. The highest BCUT2D eigenvalue weighted by Crippen LogP contribution is 2.19. The number of carboxylic acids is 2. The Morgan fingerprint density at radius 3 is 1.01 bits per heavy atom. The zero-order valence-electron chi connectivity index (χ0n) is 71.9. The van der Waals surface area contributed by atoms with Gasteiger partial charge >= 0.3 is 42.4 Å². The summed E-state index contributed by atoms with van der Waals surface area (Å²) in [6.07, 6.45) is 4.09. The van der Waals surface area contributed by atoms with Crippen LogP contribution in [-0.2, 0) is 41.4 Å². The number of ether oxygens (including phenoxy) is 5. The highest BCUT2D eigenvalue weighted by Gasteiger charge is 2.20. The Hall–Kier alpha value is -9.92. The second-order valence-corrected chi connectivity index (χ2v) is 32.0. The Balaban J connectivity index is 0. The number of carbonyl (C=O) groups is 8. The van der Waals surface area contributed by atoms with Gasteiger partial charge in [0.25, 0.3) is 0 Å². The number of anilines is 1. The summed E-state index contributed by atoms with van der Waals surface area (Å²) in [5.41, 5.74) is 15.1. The molecule has 0 heterocycles. The van der Waals surface area contributed by atoms with E-state index in [4.69, 9.17) is 33.9 Å². The molecule has 0 radical (unpaired) electrons. The minimum atomic E-state index is -0.864. The molecule has 0 saturated heterocycles. The molecule has 0 atom stereocenters. The van der Waals surface area contributed by atoms with Crippen LogP contribution in [0.1, 0.15) is 248 Å². The molecule has 0 aliphatic heterocycles. The van der Waals surface area contributed by atoms with Gasteiger partial charge in [0.2, 0.25) is 5.91 Å². The van der Waals surface area contributed by atoms with Crippen LogP contribution in [-0.4, -0.2) is 113 Å². The molecule has 0 aliphatic carbocycles. The molecule has 6 amide bonds. The molecular weight excluding hydrogens is 1390 g/mol. The van der Waals surface area contributed by atoms with Gasteiger partial charge in [-0.2, -0.15) is 0 Å². The van der Waals surface area contributed by atoms with Gasteiger partial charge in [-0.05, 0) is 276 Å². The molecule has 0 unspecified atom stereocenters. The fourth-order valence-corrected chi connectivity index (χ4v) is 8.92. The first-order valence-electron chi connectivity index (χ1n) is 37.6. The number of hydrogen-bond acceptors (Lipinski definition) is 13. The highest BCUT2D eigenvalue weighted by atomic mass is 16.6. The second kappa shape index (κ2) is 51.5. The summed E-state index contributed by atoms with van der Waals surface area (Å²) in [5, 5.41) is 33.4. The first-order valence-corrected chi connectivity index (χ1v) is 37.6. The van der Waals surface area contributed by atoms with Gasteiger partial charge in [0.05, 0.1) is 11.1 Å². The molecule has 6 aromatic carbocycles. The number of hydrogen-bond donors (Lipinski definition) is 8. The number of carboxylic acid groups (broad SMARTS) is 2. The predicted molar refractivity (Wildman–Crippen MR) is 446 cm³/mol. The Kier molecular flexibility index (Phi) is 47.8. The van der Waals surface area contributed by atoms with Crippen molar-refractivity contribution in [3.05, 3.63) is 204 Å². The van der Waals surface area contributed by atoms with Gasteiger partial charge in [-0.15, -0.1) is 0 Å². The van der Waals surface area contributed by atoms with Crippen LogP contribution in [0.25, 0.3) is 0 Å². The summed E-state index contributed by atoms with van der Waals surface area (Å²) < 4.78 is 25.5. The Bertz CT molecular complexity index is 3720. The third-order valence-corrected chi connectivity index (χ3v) is 14.3. The molecule has 110 heavy (non-hydrogen) atoms. The molecule has 0 bridgehead atoms. The lowest BCUT2D eigenvalue weighted by Crippen LogP contribution is -2.37. The summed E-state index contributed by atoms with van der Waals surface area (Å²) >= 11 is 0. The summed E-state index contributed by atoms with van der Waals surface area (Å²) in [6.45, 7) is 58.0. The number of nitrogens with one attached hydrogen (secondary N) is 6. The minimum Gasteiger partial charge on any atom is -0.478 e. The van der Waals surface area contributed by atoms with E-state index in [1.54, 1.807) is 45.9 Å².